The minimum absolute atomic E-state index is 0.318. The van der Waals surface area contributed by atoms with Crippen LogP contribution in [0.2, 0.25) is 0 Å². The van der Waals surface area contributed by atoms with Crippen LogP contribution in [0.3, 0.4) is 0 Å². The van der Waals surface area contributed by atoms with Gasteiger partial charge in [0.25, 0.3) is 0 Å². The van der Waals surface area contributed by atoms with Crippen LogP contribution in [0, 0.1) is 0 Å². The van der Waals surface area contributed by atoms with Crippen molar-refractivity contribution in [1.82, 2.24) is 0 Å². The van der Waals surface area contributed by atoms with Crippen molar-refractivity contribution in [2.75, 3.05) is 5.73 Å². The fourth-order valence-electron chi connectivity index (χ4n) is 1.25. The van der Waals surface area contributed by atoms with Crippen LogP contribution in [0.4, 0.5) is 5.69 Å². The van der Waals surface area contributed by atoms with Gasteiger partial charge in [-0.2, -0.15) is 0 Å². The lowest BCUT2D eigenvalue weighted by Crippen LogP contribution is -2.13. The topological polar surface area (TPSA) is 60.2 Å². The van der Waals surface area contributed by atoms with Crippen LogP contribution in [0.15, 0.2) is 24.3 Å². The van der Waals surface area contributed by atoms with E-state index in [0.717, 1.165) is 12.8 Å². The summed E-state index contributed by atoms with van der Waals surface area (Å²) in [5, 5.41) is 0. The molecule has 1 aromatic rings. The van der Waals surface area contributed by atoms with Gasteiger partial charge in [-0.1, -0.05) is 13.3 Å². The van der Waals surface area contributed by atoms with E-state index in [2.05, 4.69) is 0 Å². The van der Waals surface area contributed by atoms with Crippen molar-refractivity contribution >= 4 is 17.3 Å². The SMILES string of the molecule is CCCCC(=O)C(=O)c1ccc(N)cc1. The number of nitrogens with two attached hydrogens (primary N) is 1. The van der Waals surface area contributed by atoms with Gasteiger partial charge in [-0.25, -0.2) is 0 Å². The van der Waals surface area contributed by atoms with Crippen molar-refractivity contribution in [1.29, 1.82) is 0 Å². The molecule has 1 aromatic carbocycles. The Morgan fingerprint density at radius 2 is 1.80 bits per heavy atom. The summed E-state index contributed by atoms with van der Waals surface area (Å²) in [5.41, 5.74) is 6.50. The maximum atomic E-state index is 11.6. The van der Waals surface area contributed by atoms with Gasteiger partial charge in [0, 0.05) is 17.7 Å². The van der Waals surface area contributed by atoms with E-state index in [1.54, 1.807) is 24.3 Å². The van der Waals surface area contributed by atoms with E-state index in [9.17, 15) is 9.59 Å². The molecule has 1 rings (SSSR count). The fraction of sp³-hybridized carbons (Fsp3) is 0.333. The summed E-state index contributed by atoms with van der Waals surface area (Å²) in [5.74, 6) is -0.731. The predicted octanol–water partition coefficient (Wildman–Crippen LogP) is 2.21. The first kappa shape index (κ1) is 11.4. The zero-order valence-corrected chi connectivity index (χ0v) is 8.82. The van der Waals surface area contributed by atoms with Crippen molar-refractivity contribution in [2.45, 2.75) is 26.2 Å². The van der Waals surface area contributed by atoms with E-state index in [1.807, 2.05) is 6.92 Å². The van der Waals surface area contributed by atoms with Crippen molar-refractivity contribution in [3.8, 4) is 0 Å². The third kappa shape index (κ3) is 3.20. The summed E-state index contributed by atoms with van der Waals surface area (Å²) in [6.45, 7) is 1.99. The standard InChI is InChI=1S/C12H15NO2/c1-2-3-4-11(14)12(15)9-5-7-10(13)8-6-9/h5-8H,2-4,13H2,1H3. The van der Waals surface area contributed by atoms with E-state index in [0.29, 0.717) is 17.7 Å². The quantitative estimate of drug-likeness (QED) is 0.455. The van der Waals surface area contributed by atoms with Gasteiger partial charge < -0.3 is 5.73 Å². The van der Waals surface area contributed by atoms with Gasteiger partial charge in [0.2, 0.25) is 11.6 Å². The maximum Gasteiger partial charge on any atom is 0.228 e. The Balaban J connectivity index is 2.68. The monoisotopic (exact) mass is 205 g/mol. The van der Waals surface area contributed by atoms with Crippen LogP contribution in [-0.2, 0) is 4.79 Å². The van der Waals surface area contributed by atoms with Crippen LogP contribution in [-0.4, -0.2) is 11.6 Å². The summed E-state index contributed by atoms with van der Waals surface area (Å²) in [6, 6.07) is 6.42. The molecule has 0 atom stereocenters. The number of hydrogen-bond acceptors (Lipinski definition) is 3. The Labute approximate surface area is 89.3 Å². The van der Waals surface area contributed by atoms with Gasteiger partial charge in [-0.3, -0.25) is 9.59 Å². The minimum Gasteiger partial charge on any atom is -0.399 e. The number of carbonyl (C=O) groups excluding carboxylic acids is 2. The first-order valence-electron chi connectivity index (χ1n) is 5.08. The van der Waals surface area contributed by atoms with Crippen molar-refractivity contribution in [2.24, 2.45) is 0 Å². The molecule has 3 heteroatoms. The van der Waals surface area contributed by atoms with Crippen LogP contribution in [0.5, 0.6) is 0 Å². The summed E-state index contributed by atoms with van der Waals surface area (Å²) >= 11 is 0. The van der Waals surface area contributed by atoms with Crippen LogP contribution < -0.4 is 5.73 Å². The second-order valence-electron chi connectivity index (χ2n) is 3.48. The summed E-state index contributed by atoms with van der Waals surface area (Å²) in [4.78, 5) is 23.0. The second-order valence-corrected chi connectivity index (χ2v) is 3.48. The first-order chi connectivity index (χ1) is 7.15. The van der Waals surface area contributed by atoms with E-state index in [1.165, 1.54) is 0 Å². The van der Waals surface area contributed by atoms with E-state index in [4.69, 9.17) is 5.73 Å². The number of Topliss-reactive ketones (excluding diaryl/α,β-unsaturated/α-hetero) is 2. The van der Waals surface area contributed by atoms with Gasteiger partial charge in [0.1, 0.15) is 0 Å². The Kier molecular flexibility index (Phi) is 4.03. The number of ketones is 2. The summed E-state index contributed by atoms with van der Waals surface area (Å²) in [6.07, 6.45) is 2.01. The molecule has 15 heavy (non-hydrogen) atoms. The molecule has 0 spiro atoms. The van der Waals surface area contributed by atoms with Crippen molar-refractivity contribution in [3.05, 3.63) is 29.8 Å². The summed E-state index contributed by atoms with van der Waals surface area (Å²) in [7, 11) is 0. The molecule has 0 saturated carbocycles. The van der Waals surface area contributed by atoms with Gasteiger partial charge in [-0.05, 0) is 30.7 Å². The number of hydrogen-bond donors (Lipinski definition) is 1. The Hall–Kier alpha value is -1.64. The van der Waals surface area contributed by atoms with Crippen LogP contribution >= 0.6 is 0 Å². The van der Waals surface area contributed by atoms with Gasteiger partial charge in [-0.15, -0.1) is 0 Å². The smallest absolute Gasteiger partial charge is 0.228 e. The molecule has 0 heterocycles. The number of benzene rings is 1. The molecule has 0 radical (unpaired) electrons. The highest BCUT2D eigenvalue weighted by Gasteiger charge is 2.14. The highest BCUT2D eigenvalue weighted by Crippen LogP contribution is 2.08. The van der Waals surface area contributed by atoms with Gasteiger partial charge >= 0.3 is 0 Å². The number of nitrogen functional groups attached to an aromatic ring is 1. The predicted molar refractivity (Wildman–Crippen MR) is 59.7 cm³/mol. The zero-order chi connectivity index (χ0) is 11.3. The second kappa shape index (κ2) is 5.29. The van der Waals surface area contributed by atoms with Crippen LogP contribution in [0.25, 0.3) is 0 Å². The molecule has 0 bridgehead atoms. The Morgan fingerprint density at radius 3 is 2.33 bits per heavy atom. The average molecular weight is 205 g/mol. The molecule has 2 N–H and O–H groups in total. The number of unbranched alkanes of at least 4 members (excludes halogenated alkanes) is 1. The molecule has 0 fully saturated rings. The average Bonchev–Trinajstić information content (AvgIpc) is 2.26. The third-order valence-corrected chi connectivity index (χ3v) is 2.18. The highest BCUT2D eigenvalue weighted by atomic mass is 16.2. The number of carbonyl (C=O) groups is 2. The van der Waals surface area contributed by atoms with Crippen molar-refractivity contribution < 1.29 is 9.59 Å². The number of anilines is 1. The highest BCUT2D eigenvalue weighted by molar-refractivity contribution is 6.43. The lowest BCUT2D eigenvalue weighted by molar-refractivity contribution is -0.115. The molecule has 3 nitrogen and oxygen atoms in total. The molecule has 80 valence electrons. The number of rotatable bonds is 5. The van der Waals surface area contributed by atoms with E-state index in [-0.39, 0.29) is 5.78 Å². The zero-order valence-electron chi connectivity index (χ0n) is 8.82. The van der Waals surface area contributed by atoms with Gasteiger partial charge in [0.05, 0.1) is 0 Å². The van der Waals surface area contributed by atoms with E-state index >= 15 is 0 Å². The molecular weight excluding hydrogens is 190 g/mol. The fourth-order valence-corrected chi connectivity index (χ4v) is 1.25. The third-order valence-electron chi connectivity index (χ3n) is 2.18. The largest absolute Gasteiger partial charge is 0.399 e. The summed E-state index contributed by atoms with van der Waals surface area (Å²) < 4.78 is 0. The molecule has 0 aromatic heterocycles. The van der Waals surface area contributed by atoms with Crippen molar-refractivity contribution in [3.63, 3.8) is 0 Å². The lowest BCUT2D eigenvalue weighted by Gasteiger charge is -2.00. The Bertz CT molecular complexity index is 354. The molecule has 0 aliphatic heterocycles. The minimum atomic E-state index is -0.413. The lowest BCUT2D eigenvalue weighted by atomic mass is 10.0. The first-order valence-corrected chi connectivity index (χ1v) is 5.08. The molecule has 0 saturated heterocycles. The normalized spacial score (nSPS) is 9.93. The van der Waals surface area contributed by atoms with Gasteiger partial charge in [0.15, 0.2) is 0 Å². The molecular formula is C12H15NO2. The van der Waals surface area contributed by atoms with Crippen LogP contribution in [0.1, 0.15) is 36.5 Å². The Morgan fingerprint density at radius 1 is 1.20 bits per heavy atom. The molecule has 0 unspecified atom stereocenters. The van der Waals surface area contributed by atoms with E-state index < -0.39 is 5.78 Å². The maximum absolute atomic E-state index is 11.6. The molecule has 0 amide bonds. The molecule has 0 aliphatic carbocycles. The molecule has 0 aliphatic rings.